The van der Waals surface area contributed by atoms with Gasteiger partial charge in [-0.1, -0.05) is 13.3 Å². The van der Waals surface area contributed by atoms with Crippen LogP contribution in [0.1, 0.15) is 36.6 Å². The summed E-state index contributed by atoms with van der Waals surface area (Å²) in [6, 6.07) is 0.546. The zero-order chi connectivity index (χ0) is 16.2. The molecule has 0 fully saturated rings. The minimum absolute atomic E-state index is 0.162. The fourth-order valence-corrected chi connectivity index (χ4v) is 4.81. The predicted molar refractivity (Wildman–Crippen MR) is 101 cm³/mol. The molecular weight excluding hydrogens is 326 g/mol. The van der Waals surface area contributed by atoms with Crippen molar-refractivity contribution in [2.24, 2.45) is 0 Å². The Labute approximate surface area is 145 Å². The Morgan fingerprint density at radius 1 is 1.52 bits per heavy atom. The quantitative estimate of drug-likeness (QED) is 0.779. The lowest BCUT2D eigenvalue weighted by atomic mass is 9.93. The highest BCUT2D eigenvalue weighted by Gasteiger charge is 2.24. The van der Waals surface area contributed by atoms with Crippen LogP contribution in [0.2, 0.25) is 0 Å². The average Bonchev–Trinajstić information content (AvgIpc) is 2.93. The molecule has 0 radical (unpaired) electrons. The van der Waals surface area contributed by atoms with Crippen molar-refractivity contribution in [3.05, 3.63) is 27.1 Å². The molecule has 3 rings (SSSR count). The predicted octanol–water partition coefficient (Wildman–Crippen LogP) is 3.07. The molecular formula is C17H25N3OS2. The molecule has 6 heteroatoms. The number of rotatable bonds is 7. The summed E-state index contributed by atoms with van der Waals surface area (Å²) >= 11 is 3.60. The van der Waals surface area contributed by atoms with E-state index in [9.17, 15) is 4.79 Å². The van der Waals surface area contributed by atoms with E-state index < -0.39 is 0 Å². The fourth-order valence-electron chi connectivity index (χ4n) is 3.23. The van der Waals surface area contributed by atoms with Crippen LogP contribution in [0.25, 0.3) is 10.2 Å². The van der Waals surface area contributed by atoms with Crippen molar-refractivity contribution in [1.29, 1.82) is 0 Å². The number of aromatic nitrogens is 2. The van der Waals surface area contributed by atoms with Gasteiger partial charge in [0.2, 0.25) is 0 Å². The zero-order valence-electron chi connectivity index (χ0n) is 13.9. The highest BCUT2D eigenvalue weighted by Crippen LogP contribution is 2.33. The first-order valence-electron chi connectivity index (χ1n) is 8.46. The third-order valence-corrected chi connectivity index (χ3v) is 6.30. The first-order chi connectivity index (χ1) is 11.2. The number of nitrogens with one attached hydrogen (secondary N) is 1. The summed E-state index contributed by atoms with van der Waals surface area (Å²) in [6.07, 6.45) is 9.16. The molecule has 0 saturated heterocycles. The van der Waals surface area contributed by atoms with Crippen LogP contribution in [-0.4, -0.2) is 34.1 Å². The molecule has 1 aliphatic carbocycles. The largest absolute Gasteiger partial charge is 0.313 e. The van der Waals surface area contributed by atoms with Crippen LogP contribution in [0.4, 0.5) is 0 Å². The van der Waals surface area contributed by atoms with E-state index in [0.717, 1.165) is 61.2 Å². The van der Waals surface area contributed by atoms with Gasteiger partial charge in [-0.2, -0.15) is 11.8 Å². The second kappa shape index (κ2) is 7.81. The monoisotopic (exact) mass is 351 g/mol. The first-order valence-corrected chi connectivity index (χ1v) is 10.7. The molecule has 2 heterocycles. The van der Waals surface area contributed by atoms with Gasteiger partial charge in [0.15, 0.2) is 0 Å². The van der Waals surface area contributed by atoms with Gasteiger partial charge in [-0.25, -0.2) is 4.98 Å². The highest BCUT2D eigenvalue weighted by molar-refractivity contribution is 7.98. The number of nitrogens with zero attached hydrogens (tertiary/aromatic N) is 2. The van der Waals surface area contributed by atoms with Crippen molar-refractivity contribution in [3.8, 4) is 0 Å². The summed E-state index contributed by atoms with van der Waals surface area (Å²) < 4.78 is 1.79. The van der Waals surface area contributed by atoms with Gasteiger partial charge in [0.25, 0.3) is 5.56 Å². The van der Waals surface area contributed by atoms with Crippen molar-refractivity contribution in [2.45, 2.75) is 51.6 Å². The first kappa shape index (κ1) is 17.0. The Hall–Kier alpha value is -0.850. The van der Waals surface area contributed by atoms with Crippen molar-refractivity contribution in [1.82, 2.24) is 14.9 Å². The van der Waals surface area contributed by atoms with Crippen LogP contribution < -0.4 is 10.9 Å². The van der Waals surface area contributed by atoms with E-state index in [1.54, 1.807) is 22.2 Å². The molecule has 126 valence electrons. The summed E-state index contributed by atoms with van der Waals surface area (Å²) in [7, 11) is 0. The van der Waals surface area contributed by atoms with Crippen LogP contribution in [0.15, 0.2) is 11.1 Å². The average molecular weight is 352 g/mol. The Morgan fingerprint density at radius 2 is 2.39 bits per heavy atom. The van der Waals surface area contributed by atoms with E-state index in [1.807, 2.05) is 11.8 Å². The smallest absolute Gasteiger partial charge is 0.262 e. The molecule has 0 bridgehead atoms. The van der Waals surface area contributed by atoms with E-state index in [0.29, 0.717) is 6.04 Å². The lowest BCUT2D eigenvalue weighted by Gasteiger charge is -2.23. The van der Waals surface area contributed by atoms with Gasteiger partial charge in [-0.3, -0.25) is 9.36 Å². The van der Waals surface area contributed by atoms with E-state index in [-0.39, 0.29) is 5.56 Å². The molecule has 2 aromatic rings. The zero-order valence-corrected chi connectivity index (χ0v) is 15.6. The Bertz CT molecular complexity index is 722. The topological polar surface area (TPSA) is 46.9 Å². The molecule has 4 nitrogen and oxygen atoms in total. The maximum absolute atomic E-state index is 12.8. The number of aryl methyl sites for hydroxylation is 2. The van der Waals surface area contributed by atoms with Gasteiger partial charge in [0.05, 0.1) is 11.7 Å². The number of hydrogen-bond acceptors (Lipinski definition) is 5. The minimum Gasteiger partial charge on any atom is -0.313 e. The SMILES string of the molecule is CCCCn1cnc2sc3c(c2c1=O)CC[C@@H](NCCSC)C3. The Kier molecular flexibility index (Phi) is 5.77. The van der Waals surface area contributed by atoms with Crippen LogP contribution in [0.3, 0.4) is 0 Å². The molecule has 1 atom stereocenters. The maximum Gasteiger partial charge on any atom is 0.262 e. The van der Waals surface area contributed by atoms with Gasteiger partial charge in [-0.15, -0.1) is 11.3 Å². The van der Waals surface area contributed by atoms with E-state index in [1.165, 1.54) is 10.4 Å². The molecule has 1 N–H and O–H groups in total. The lowest BCUT2D eigenvalue weighted by molar-refractivity contribution is 0.477. The van der Waals surface area contributed by atoms with Crippen LogP contribution >= 0.6 is 23.1 Å². The summed E-state index contributed by atoms with van der Waals surface area (Å²) in [5, 5.41) is 4.54. The summed E-state index contributed by atoms with van der Waals surface area (Å²) in [4.78, 5) is 19.6. The number of hydrogen-bond donors (Lipinski definition) is 1. The summed E-state index contributed by atoms with van der Waals surface area (Å²) in [5.41, 5.74) is 1.44. The van der Waals surface area contributed by atoms with Gasteiger partial charge in [0.1, 0.15) is 4.83 Å². The van der Waals surface area contributed by atoms with Crippen molar-refractivity contribution < 1.29 is 0 Å². The standard InChI is InChI=1S/C17H25N3OS2/c1-3-4-8-20-11-19-16-15(17(20)21)13-6-5-12(10-14(13)23-16)18-7-9-22-2/h11-12,18H,3-10H2,1-2H3/t12-/m1/s1. The molecule has 23 heavy (non-hydrogen) atoms. The lowest BCUT2D eigenvalue weighted by Crippen LogP contribution is -2.35. The molecule has 0 spiro atoms. The maximum atomic E-state index is 12.8. The van der Waals surface area contributed by atoms with Crippen molar-refractivity contribution in [3.63, 3.8) is 0 Å². The molecule has 2 aromatic heterocycles. The second-order valence-electron chi connectivity index (χ2n) is 6.17. The van der Waals surface area contributed by atoms with Crippen LogP contribution in [0.5, 0.6) is 0 Å². The van der Waals surface area contributed by atoms with Crippen molar-refractivity contribution >= 4 is 33.3 Å². The van der Waals surface area contributed by atoms with E-state index in [2.05, 4.69) is 23.5 Å². The van der Waals surface area contributed by atoms with Gasteiger partial charge in [-0.05, 0) is 37.5 Å². The third kappa shape index (κ3) is 3.64. The summed E-state index contributed by atoms with van der Waals surface area (Å²) in [5.74, 6) is 1.15. The minimum atomic E-state index is 0.162. The molecule has 0 amide bonds. The second-order valence-corrected chi connectivity index (χ2v) is 8.24. The number of fused-ring (bicyclic) bond motifs is 3. The van der Waals surface area contributed by atoms with Crippen molar-refractivity contribution in [2.75, 3.05) is 18.6 Å². The molecule has 0 aromatic carbocycles. The molecule has 0 saturated carbocycles. The fraction of sp³-hybridized carbons (Fsp3) is 0.647. The molecule has 1 aliphatic rings. The Balaban J connectivity index is 1.84. The Morgan fingerprint density at radius 3 is 3.17 bits per heavy atom. The number of thioether (sulfide) groups is 1. The van der Waals surface area contributed by atoms with Gasteiger partial charge in [0, 0.05) is 29.8 Å². The number of unbranched alkanes of at least 4 members (excludes halogenated alkanes) is 1. The van der Waals surface area contributed by atoms with E-state index >= 15 is 0 Å². The van der Waals surface area contributed by atoms with E-state index in [4.69, 9.17) is 0 Å². The third-order valence-electron chi connectivity index (χ3n) is 4.53. The highest BCUT2D eigenvalue weighted by atomic mass is 32.2. The van der Waals surface area contributed by atoms with Gasteiger partial charge >= 0.3 is 0 Å². The molecule has 0 unspecified atom stereocenters. The van der Waals surface area contributed by atoms with Gasteiger partial charge < -0.3 is 5.32 Å². The normalized spacial score (nSPS) is 17.6. The van der Waals surface area contributed by atoms with Crippen LogP contribution in [-0.2, 0) is 19.4 Å². The number of thiophene rings is 1. The summed E-state index contributed by atoms with van der Waals surface area (Å²) in [6.45, 7) is 3.99. The molecule has 0 aliphatic heterocycles. The van der Waals surface area contributed by atoms with Crippen LogP contribution in [0, 0.1) is 0 Å².